The highest BCUT2D eigenvalue weighted by Gasteiger charge is 2.18. The van der Waals surface area contributed by atoms with Gasteiger partial charge in [-0.25, -0.2) is 0 Å². The summed E-state index contributed by atoms with van der Waals surface area (Å²) < 4.78 is 5.80. The summed E-state index contributed by atoms with van der Waals surface area (Å²) in [6.45, 7) is 13.1. The van der Waals surface area contributed by atoms with Crippen molar-refractivity contribution >= 4 is 23.3 Å². The van der Waals surface area contributed by atoms with Crippen LogP contribution in [0.15, 0.2) is 29.8 Å². The normalized spacial score (nSPS) is 14.4. The molecule has 0 spiro atoms. The molecule has 0 bridgehead atoms. The molecule has 3 rings (SSSR count). The number of aryl methyl sites for hydroxylation is 1. The molecule has 3 heterocycles. The van der Waals surface area contributed by atoms with Gasteiger partial charge in [0.1, 0.15) is 17.5 Å². The van der Waals surface area contributed by atoms with Crippen molar-refractivity contribution in [1.29, 1.82) is 0 Å². The number of aliphatic imine (C=N–C) groups is 1. The number of aromatic amines is 1. The highest BCUT2D eigenvalue weighted by Crippen LogP contribution is 2.23. The molecule has 10 nitrogen and oxygen atoms in total. The molecule has 10 heteroatoms. The topological polar surface area (TPSA) is 97.8 Å². The fourth-order valence-corrected chi connectivity index (χ4v) is 3.37. The van der Waals surface area contributed by atoms with Crippen molar-refractivity contribution in [2.75, 3.05) is 70.2 Å². The zero-order valence-electron chi connectivity index (χ0n) is 19.9. The number of aromatic nitrogens is 4. The number of anilines is 3. The number of hydrogen-bond acceptors (Lipinski definition) is 8. The molecule has 2 N–H and O–H groups in total. The zero-order valence-corrected chi connectivity index (χ0v) is 19.9. The quantitative estimate of drug-likeness (QED) is 0.357. The van der Waals surface area contributed by atoms with Crippen molar-refractivity contribution in [2.24, 2.45) is 4.99 Å². The Morgan fingerprint density at radius 2 is 2.06 bits per heavy atom. The molecule has 1 aliphatic rings. The van der Waals surface area contributed by atoms with Crippen LogP contribution in [0.25, 0.3) is 0 Å². The third kappa shape index (κ3) is 6.95. The Hall–Kier alpha value is -3.58. The number of likely N-dealkylation sites (N-methyl/N-ethyl adjacent to an activating group) is 2. The van der Waals surface area contributed by atoms with Gasteiger partial charge in [-0.2, -0.15) is 15.1 Å². The van der Waals surface area contributed by atoms with Gasteiger partial charge in [-0.1, -0.05) is 18.4 Å². The van der Waals surface area contributed by atoms with E-state index in [1.165, 1.54) is 0 Å². The lowest BCUT2D eigenvalue weighted by atomic mass is 10.3. The molecule has 2 aromatic rings. The van der Waals surface area contributed by atoms with Crippen LogP contribution in [0.1, 0.15) is 12.6 Å². The van der Waals surface area contributed by atoms with Crippen LogP contribution in [0.3, 0.4) is 0 Å². The number of H-pyrrole nitrogens is 1. The first-order valence-electron chi connectivity index (χ1n) is 11.1. The van der Waals surface area contributed by atoms with Gasteiger partial charge < -0.3 is 24.8 Å². The lowest BCUT2D eigenvalue weighted by Gasteiger charge is -2.33. The molecule has 0 saturated carbocycles. The molecule has 0 radical (unpaired) electrons. The predicted molar refractivity (Wildman–Crippen MR) is 132 cm³/mol. The van der Waals surface area contributed by atoms with E-state index in [-0.39, 0.29) is 12.6 Å². The van der Waals surface area contributed by atoms with Crippen LogP contribution in [0.5, 0.6) is 6.01 Å². The van der Waals surface area contributed by atoms with Crippen molar-refractivity contribution in [2.45, 2.75) is 13.8 Å². The Morgan fingerprint density at radius 1 is 1.27 bits per heavy atom. The van der Waals surface area contributed by atoms with Gasteiger partial charge >= 0.3 is 6.01 Å². The minimum absolute atomic E-state index is 0.192. The van der Waals surface area contributed by atoms with E-state index in [4.69, 9.17) is 4.74 Å². The first kappa shape index (κ1) is 24.1. The molecule has 2 aromatic heterocycles. The molecule has 1 aliphatic heterocycles. The second-order valence-electron chi connectivity index (χ2n) is 7.69. The van der Waals surface area contributed by atoms with E-state index in [0.29, 0.717) is 18.2 Å². The number of rotatable bonds is 8. The third-order valence-electron chi connectivity index (χ3n) is 5.27. The van der Waals surface area contributed by atoms with E-state index < -0.39 is 0 Å². The SMILES string of the molecule is C=CC(=NC)N(CC)CC#CCOc1nc(Nc2cc(C)[nH]n2)cc(N2CCN(C)CC2)n1. The van der Waals surface area contributed by atoms with Crippen LogP contribution in [0.4, 0.5) is 17.5 Å². The van der Waals surface area contributed by atoms with Gasteiger partial charge in [0.25, 0.3) is 0 Å². The van der Waals surface area contributed by atoms with E-state index in [2.05, 4.69) is 72.7 Å². The Morgan fingerprint density at radius 3 is 2.70 bits per heavy atom. The van der Waals surface area contributed by atoms with Gasteiger partial charge in [-0.05, 0) is 27.0 Å². The molecule has 1 fully saturated rings. The summed E-state index contributed by atoms with van der Waals surface area (Å²) in [5, 5.41) is 10.4. The van der Waals surface area contributed by atoms with Gasteiger partial charge in [-0.15, -0.1) is 0 Å². The summed E-state index contributed by atoms with van der Waals surface area (Å²) in [7, 11) is 3.87. The van der Waals surface area contributed by atoms with Crippen LogP contribution >= 0.6 is 0 Å². The maximum absolute atomic E-state index is 5.80. The summed E-state index contributed by atoms with van der Waals surface area (Å²) in [5.74, 6) is 9.11. The van der Waals surface area contributed by atoms with Crippen molar-refractivity contribution < 1.29 is 4.74 Å². The Bertz CT molecular complexity index is 1010. The van der Waals surface area contributed by atoms with E-state index in [1.54, 1.807) is 13.1 Å². The molecular formula is C23H33N9O. The lowest BCUT2D eigenvalue weighted by molar-refractivity contribution is 0.310. The Labute approximate surface area is 195 Å². The van der Waals surface area contributed by atoms with Crippen molar-refractivity contribution in [3.8, 4) is 17.9 Å². The van der Waals surface area contributed by atoms with E-state index in [1.807, 2.05) is 24.0 Å². The molecule has 0 atom stereocenters. The molecule has 0 aromatic carbocycles. The lowest BCUT2D eigenvalue weighted by Crippen LogP contribution is -2.44. The molecular weight excluding hydrogens is 418 g/mol. The fraction of sp³-hybridized carbons (Fsp3) is 0.478. The number of amidine groups is 1. The second-order valence-corrected chi connectivity index (χ2v) is 7.69. The highest BCUT2D eigenvalue weighted by molar-refractivity contribution is 5.92. The number of piperazine rings is 1. The number of nitrogens with one attached hydrogen (secondary N) is 2. The number of nitrogens with zero attached hydrogens (tertiary/aromatic N) is 7. The van der Waals surface area contributed by atoms with Gasteiger partial charge in [-0.3, -0.25) is 10.1 Å². The van der Waals surface area contributed by atoms with Crippen LogP contribution in [-0.4, -0.2) is 95.8 Å². The number of hydrogen-bond donors (Lipinski definition) is 2. The molecule has 0 unspecified atom stereocenters. The zero-order chi connectivity index (χ0) is 23.6. The Kier molecular flexibility index (Phi) is 8.66. The van der Waals surface area contributed by atoms with E-state index in [9.17, 15) is 0 Å². The monoisotopic (exact) mass is 451 g/mol. The van der Waals surface area contributed by atoms with Crippen LogP contribution in [0, 0.1) is 18.8 Å². The number of ether oxygens (including phenoxy) is 1. The summed E-state index contributed by atoms with van der Waals surface area (Å²) in [5.41, 5.74) is 0.964. The smallest absolute Gasteiger partial charge is 0.321 e. The molecule has 33 heavy (non-hydrogen) atoms. The third-order valence-corrected chi connectivity index (χ3v) is 5.27. The van der Waals surface area contributed by atoms with Crippen molar-refractivity contribution in [3.05, 3.63) is 30.5 Å². The van der Waals surface area contributed by atoms with Gasteiger partial charge in [0, 0.05) is 57.6 Å². The molecule has 176 valence electrons. The van der Waals surface area contributed by atoms with Gasteiger partial charge in [0.2, 0.25) is 0 Å². The maximum Gasteiger partial charge on any atom is 0.321 e. The van der Waals surface area contributed by atoms with Gasteiger partial charge in [0.05, 0.1) is 6.54 Å². The second kappa shape index (κ2) is 11.9. The van der Waals surface area contributed by atoms with E-state index >= 15 is 0 Å². The molecule has 0 amide bonds. The molecule has 1 saturated heterocycles. The van der Waals surface area contributed by atoms with Crippen molar-refractivity contribution in [3.63, 3.8) is 0 Å². The largest absolute Gasteiger partial charge is 0.450 e. The summed E-state index contributed by atoms with van der Waals surface area (Å²) >= 11 is 0. The summed E-state index contributed by atoms with van der Waals surface area (Å²) in [4.78, 5) is 19.9. The van der Waals surface area contributed by atoms with Crippen molar-refractivity contribution in [1.82, 2.24) is 30.0 Å². The minimum atomic E-state index is 0.192. The maximum atomic E-state index is 5.80. The highest BCUT2D eigenvalue weighted by atomic mass is 16.5. The average molecular weight is 452 g/mol. The van der Waals surface area contributed by atoms with Crippen LogP contribution in [0.2, 0.25) is 0 Å². The van der Waals surface area contributed by atoms with Crippen LogP contribution < -0.4 is 15.0 Å². The van der Waals surface area contributed by atoms with E-state index in [0.717, 1.165) is 50.1 Å². The average Bonchev–Trinajstić information content (AvgIpc) is 3.23. The minimum Gasteiger partial charge on any atom is -0.450 e. The Balaban J connectivity index is 1.70. The first-order valence-corrected chi connectivity index (χ1v) is 11.1. The van der Waals surface area contributed by atoms with Crippen LogP contribution in [-0.2, 0) is 0 Å². The predicted octanol–water partition coefficient (Wildman–Crippen LogP) is 1.92. The van der Waals surface area contributed by atoms with Gasteiger partial charge in [0.15, 0.2) is 12.4 Å². The first-order chi connectivity index (χ1) is 16.0. The summed E-state index contributed by atoms with van der Waals surface area (Å²) in [6.07, 6.45) is 1.73. The molecule has 0 aliphatic carbocycles. The fourth-order valence-electron chi connectivity index (χ4n) is 3.37. The standard InChI is InChI=1S/C23H33N9O/c1-6-21(24-4)31(7-2)10-8-9-15-33-23-26-19(25-20-16-18(3)28-29-20)17-22(27-23)32-13-11-30(5)12-14-32/h6,16-17H,1,7,10-15H2,2-5H3,(H2,25,26,27,28,29). The summed E-state index contributed by atoms with van der Waals surface area (Å²) in [6, 6.07) is 4.12.